The second kappa shape index (κ2) is 10.8. The Labute approximate surface area is 193 Å². The fourth-order valence-corrected chi connectivity index (χ4v) is 5.02. The smallest absolute Gasteiger partial charge is 0.389 e. The molecule has 0 fully saturated rings. The highest BCUT2D eigenvalue weighted by Crippen LogP contribution is 2.40. The van der Waals surface area contributed by atoms with Gasteiger partial charge in [-0.15, -0.1) is 12.4 Å². The normalized spacial score (nSPS) is 18.2. The van der Waals surface area contributed by atoms with Crippen molar-refractivity contribution in [3.63, 3.8) is 0 Å². The van der Waals surface area contributed by atoms with E-state index in [1.165, 1.54) is 5.56 Å². The lowest BCUT2D eigenvalue weighted by Gasteiger charge is -2.25. The molecular formula is C22H28ClF3N2O3S. The Kier molecular flexibility index (Phi) is 8.84. The monoisotopic (exact) mass is 492 g/mol. The van der Waals surface area contributed by atoms with Crippen molar-refractivity contribution >= 4 is 28.1 Å². The van der Waals surface area contributed by atoms with Crippen LogP contribution in [0.1, 0.15) is 30.1 Å². The molecule has 0 aromatic heterocycles. The number of rotatable bonds is 9. The first-order valence-corrected chi connectivity index (χ1v) is 11.7. The molecule has 2 unspecified atom stereocenters. The van der Waals surface area contributed by atoms with Crippen LogP contribution in [0.4, 0.5) is 18.9 Å². The van der Waals surface area contributed by atoms with E-state index < -0.39 is 34.8 Å². The quantitative estimate of drug-likeness (QED) is 0.532. The van der Waals surface area contributed by atoms with Crippen molar-refractivity contribution in [1.29, 1.82) is 0 Å². The Morgan fingerprint density at radius 2 is 1.84 bits per heavy atom. The van der Waals surface area contributed by atoms with Crippen molar-refractivity contribution in [1.82, 2.24) is 4.90 Å². The van der Waals surface area contributed by atoms with Crippen molar-refractivity contribution < 1.29 is 26.3 Å². The molecule has 1 aliphatic rings. The Hall–Kier alpha value is -1.97. The average molecular weight is 493 g/mol. The van der Waals surface area contributed by atoms with Crippen molar-refractivity contribution in [3.8, 4) is 5.75 Å². The first-order valence-electron chi connectivity index (χ1n) is 10.1. The summed E-state index contributed by atoms with van der Waals surface area (Å²) in [5.41, 5.74) is 2.62. The molecule has 3 rings (SSSR count). The summed E-state index contributed by atoms with van der Waals surface area (Å²) >= 11 is 0. The van der Waals surface area contributed by atoms with Gasteiger partial charge in [-0.05, 0) is 50.2 Å². The Morgan fingerprint density at radius 3 is 2.53 bits per heavy atom. The van der Waals surface area contributed by atoms with E-state index >= 15 is 0 Å². The van der Waals surface area contributed by atoms with E-state index in [1.807, 2.05) is 32.3 Å². The molecule has 178 valence electrons. The number of nitrogens with zero attached hydrogens (tertiary/aromatic N) is 1. The zero-order valence-electron chi connectivity index (χ0n) is 17.9. The van der Waals surface area contributed by atoms with Gasteiger partial charge in [0.2, 0.25) is 10.0 Å². The average Bonchev–Trinajstić information content (AvgIpc) is 2.97. The highest BCUT2D eigenvalue weighted by molar-refractivity contribution is 7.92. The zero-order valence-corrected chi connectivity index (χ0v) is 19.6. The number of hydrogen-bond acceptors (Lipinski definition) is 4. The van der Waals surface area contributed by atoms with Gasteiger partial charge < -0.3 is 9.64 Å². The van der Waals surface area contributed by atoms with Crippen LogP contribution in [0.5, 0.6) is 5.75 Å². The Morgan fingerprint density at radius 1 is 1.12 bits per heavy atom. The van der Waals surface area contributed by atoms with Gasteiger partial charge in [-0.25, -0.2) is 8.42 Å². The van der Waals surface area contributed by atoms with Crippen LogP contribution in [0.3, 0.4) is 0 Å². The maximum atomic E-state index is 12.3. The number of halogens is 4. The highest BCUT2D eigenvalue weighted by Gasteiger charge is 2.34. The summed E-state index contributed by atoms with van der Waals surface area (Å²) in [6.45, 7) is 0.838. The first kappa shape index (κ1) is 26.3. The summed E-state index contributed by atoms with van der Waals surface area (Å²) in [5, 5.41) is 0. The van der Waals surface area contributed by atoms with Crippen molar-refractivity contribution in [2.45, 2.75) is 31.5 Å². The number of nitrogens with one attached hydrogen (secondary N) is 1. The van der Waals surface area contributed by atoms with Gasteiger partial charge in [-0.1, -0.05) is 30.3 Å². The van der Waals surface area contributed by atoms with E-state index in [4.69, 9.17) is 4.74 Å². The SMILES string of the molecule is CN(C)CC1Cc2ccccc2C1Oc1cccc(NS(=O)(=O)CCCC(F)(F)F)c1.Cl. The largest absolute Gasteiger partial charge is 0.485 e. The van der Waals surface area contributed by atoms with Gasteiger partial charge in [0, 0.05) is 24.9 Å². The topological polar surface area (TPSA) is 58.6 Å². The molecule has 0 heterocycles. The summed E-state index contributed by atoms with van der Waals surface area (Å²) in [6.07, 6.45) is -5.27. The van der Waals surface area contributed by atoms with E-state index in [0.29, 0.717) is 5.75 Å². The number of ether oxygens (including phenoxy) is 1. The number of alkyl halides is 3. The lowest BCUT2D eigenvalue weighted by molar-refractivity contribution is -0.134. The number of anilines is 1. The molecule has 0 radical (unpaired) electrons. The van der Waals surface area contributed by atoms with E-state index in [1.54, 1.807) is 24.3 Å². The molecule has 0 bridgehead atoms. The number of hydrogen-bond donors (Lipinski definition) is 1. The molecule has 2 atom stereocenters. The minimum atomic E-state index is -4.37. The summed E-state index contributed by atoms with van der Waals surface area (Å²) in [6, 6.07) is 14.6. The van der Waals surface area contributed by atoms with Crippen LogP contribution in [0.2, 0.25) is 0 Å². The molecular weight excluding hydrogens is 465 g/mol. The van der Waals surface area contributed by atoms with Crippen LogP contribution in [0.25, 0.3) is 0 Å². The van der Waals surface area contributed by atoms with Crippen molar-refractivity contribution in [2.75, 3.05) is 31.1 Å². The molecule has 2 aromatic carbocycles. The fraction of sp³-hybridized carbons (Fsp3) is 0.455. The Bertz CT molecular complexity index is 1000. The molecule has 0 spiro atoms. The summed E-state index contributed by atoms with van der Waals surface area (Å²) in [4.78, 5) is 2.11. The molecule has 2 aromatic rings. The van der Waals surface area contributed by atoms with Gasteiger partial charge in [0.05, 0.1) is 11.4 Å². The third-order valence-corrected chi connectivity index (χ3v) is 6.49. The molecule has 1 N–H and O–H groups in total. The van der Waals surface area contributed by atoms with Gasteiger partial charge in [0.1, 0.15) is 11.9 Å². The minimum absolute atomic E-state index is 0. The summed E-state index contributed by atoms with van der Waals surface area (Å²) in [5.74, 6) is 0.148. The third kappa shape index (κ3) is 7.56. The van der Waals surface area contributed by atoms with Gasteiger partial charge in [-0.3, -0.25) is 4.72 Å². The molecule has 32 heavy (non-hydrogen) atoms. The van der Waals surface area contributed by atoms with Gasteiger partial charge >= 0.3 is 6.18 Å². The van der Waals surface area contributed by atoms with Crippen LogP contribution in [0, 0.1) is 5.92 Å². The lowest BCUT2D eigenvalue weighted by Crippen LogP contribution is -2.27. The summed E-state index contributed by atoms with van der Waals surface area (Å²) < 4.78 is 69.8. The predicted molar refractivity (Wildman–Crippen MR) is 122 cm³/mol. The minimum Gasteiger partial charge on any atom is -0.485 e. The number of sulfonamides is 1. The standard InChI is InChI=1S/C22H27F3N2O3S.ClH/c1-27(2)15-17-13-16-7-3-4-10-20(16)21(17)30-19-9-5-8-18(14-19)26-31(28,29)12-6-11-22(23,24)25;/h3-5,7-10,14,17,21,26H,6,11-13,15H2,1-2H3;1H. The van der Waals surface area contributed by atoms with E-state index in [-0.39, 0.29) is 30.1 Å². The molecule has 10 heteroatoms. The number of benzene rings is 2. The molecule has 0 saturated carbocycles. The van der Waals surface area contributed by atoms with Crippen LogP contribution in [-0.4, -0.2) is 45.9 Å². The molecule has 1 aliphatic carbocycles. The van der Waals surface area contributed by atoms with Gasteiger partial charge in [0.15, 0.2) is 0 Å². The van der Waals surface area contributed by atoms with Crippen molar-refractivity contribution in [2.24, 2.45) is 5.92 Å². The maximum Gasteiger partial charge on any atom is 0.389 e. The maximum absolute atomic E-state index is 12.3. The highest BCUT2D eigenvalue weighted by atomic mass is 35.5. The van der Waals surface area contributed by atoms with E-state index in [2.05, 4.69) is 15.7 Å². The van der Waals surface area contributed by atoms with Gasteiger partial charge in [0.25, 0.3) is 0 Å². The molecule has 5 nitrogen and oxygen atoms in total. The lowest BCUT2D eigenvalue weighted by atomic mass is 10.0. The zero-order chi connectivity index (χ0) is 22.6. The second-order valence-electron chi connectivity index (χ2n) is 8.13. The third-order valence-electron chi connectivity index (χ3n) is 5.12. The van der Waals surface area contributed by atoms with Crippen LogP contribution in [-0.2, 0) is 16.4 Å². The van der Waals surface area contributed by atoms with E-state index in [0.717, 1.165) is 18.5 Å². The second-order valence-corrected chi connectivity index (χ2v) is 9.97. The van der Waals surface area contributed by atoms with Gasteiger partial charge in [-0.2, -0.15) is 13.2 Å². The molecule has 0 aliphatic heterocycles. The van der Waals surface area contributed by atoms with Crippen molar-refractivity contribution in [3.05, 3.63) is 59.7 Å². The van der Waals surface area contributed by atoms with E-state index in [9.17, 15) is 21.6 Å². The summed E-state index contributed by atoms with van der Waals surface area (Å²) in [7, 11) is 0.128. The van der Waals surface area contributed by atoms with Crippen LogP contribution < -0.4 is 9.46 Å². The first-order chi connectivity index (χ1) is 14.5. The van der Waals surface area contributed by atoms with Crippen LogP contribution in [0.15, 0.2) is 48.5 Å². The number of fused-ring (bicyclic) bond motifs is 1. The molecule has 0 amide bonds. The fourth-order valence-electron chi connectivity index (χ4n) is 3.90. The van der Waals surface area contributed by atoms with Crippen LogP contribution >= 0.6 is 12.4 Å². The molecule has 0 saturated heterocycles. The predicted octanol–water partition coefficient (Wildman–Crippen LogP) is 5.05. The Balaban J connectivity index is 0.00000363.